The highest BCUT2D eigenvalue weighted by atomic mass is 16.2. The fourth-order valence-electron chi connectivity index (χ4n) is 3.64. The summed E-state index contributed by atoms with van der Waals surface area (Å²) in [6, 6.07) is 16.4. The van der Waals surface area contributed by atoms with Gasteiger partial charge in [0.05, 0.1) is 5.92 Å². The minimum absolute atomic E-state index is 0.0187. The molecule has 6 nitrogen and oxygen atoms in total. The highest BCUT2D eigenvalue weighted by Gasteiger charge is 2.31. The Balaban J connectivity index is 1.39. The van der Waals surface area contributed by atoms with Crippen molar-refractivity contribution in [1.82, 2.24) is 4.90 Å². The maximum atomic E-state index is 13.0. The summed E-state index contributed by atoms with van der Waals surface area (Å²) in [6.45, 7) is 1.03. The molecular weight excluding hydrogens is 366 g/mol. The van der Waals surface area contributed by atoms with Crippen LogP contribution in [0.1, 0.15) is 36.0 Å². The van der Waals surface area contributed by atoms with Crippen LogP contribution in [0.2, 0.25) is 0 Å². The first kappa shape index (κ1) is 19.2. The lowest BCUT2D eigenvalue weighted by atomic mass is 9.96. The van der Waals surface area contributed by atoms with Crippen LogP contribution in [0.3, 0.4) is 0 Å². The third-order valence-corrected chi connectivity index (χ3v) is 5.45. The summed E-state index contributed by atoms with van der Waals surface area (Å²) < 4.78 is 0. The van der Waals surface area contributed by atoms with E-state index in [1.165, 1.54) is 0 Å². The second-order valence-corrected chi connectivity index (χ2v) is 7.79. The monoisotopic (exact) mass is 391 g/mol. The number of amides is 3. The van der Waals surface area contributed by atoms with Gasteiger partial charge < -0.3 is 15.5 Å². The van der Waals surface area contributed by atoms with Crippen LogP contribution in [-0.2, 0) is 9.59 Å². The predicted molar refractivity (Wildman–Crippen MR) is 111 cm³/mol. The van der Waals surface area contributed by atoms with E-state index in [0.29, 0.717) is 24.3 Å². The molecule has 6 heteroatoms. The van der Waals surface area contributed by atoms with Crippen molar-refractivity contribution in [2.75, 3.05) is 23.7 Å². The maximum absolute atomic E-state index is 13.0. The van der Waals surface area contributed by atoms with Crippen molar-refractivity contribution in [1.29, 1.82) is 0 Å². The van der Waals surface area contributed by atoms with Gasteiger partial charge in [0.1, 0.15) is 0 Å². The van der Waals surface area contributed by atoms with Crippen LogP contribution in [-0.4, -0.2) is 35.7 Å². The fraction of sp³-hybridized carbons (Fsp3) is 0.348. The fourth-order valence-corrected chi connectivity index (χ4v) is 3.64. The van der Waals surface area contributed by atoms with Gasteiger partial charge >= 0.3 is 0 Å². The zero-order valence-electron chi connectivity index (χ0n) is 16.3. The molecule has 1 saturated heterocycles. The number of nitrogens with one attached hydrogen (secondary N) is 2. The quantitative estimate of drug-likeness (QED) is 0.818. The summed E-state index contributed by atoms with van der Waals surface area (Å²) in [5.41, 5.74) is 1.94. The summed E-state index contributed by atoms with van der Waals surface area (Å²) in [7, 11) is 0. The molecule has 1 atom stereocenters. The number of nitrogens with zero attached hydrogens (tertiary/aromatic N) is 1. The molecule has 1 unspecified atom stereocenters. The van der Waals surface area contributed by atoms with Gasteiger partial charge in [-0.2, -0.15) is 0 Å². The normalized spacial score (nSPS) is 18.8. The van der Waals surface area contributed by atoms with E-state index in [1.807, 2.05) is 30.3 Å². The van der Waals surface area contributed by atoms with Crippen LogP contribution in [0.5, 0.6) is 0 Å². The van der Waals surface area contributed by atoms with Crippen LogP contribution >= 0.6 is 0 Å². The van der Waals surface area contributed by atoms with Crippen LogP contribution in [0.4, 0.5) is 11.4 Å². The van der Waals surface area contributed by atoms with E-state index >= 15 is 0 Å². The van der Waals surface area contributed by atoms with E-state index in [2.05, 4.69) is 10.6 Å². The topological polar surface area (TPSA) is 78.5 Å². The Bertz CT molecular complexity index is 909. The Morgan fingerprint density at radius 2 is 1.48 bits per heavy atom. The van der Waals surface area contributed by atoms with Gasteiger partial charge in [-0.25, -0.2) is 0 Å². The van der Waals surface area contributed by atoms with Crippen molar-refractivity contribution >= 4 is 29.1 Å². The highest BCUT2D eigenvalue weighted by Crippen LogP contribution is 2.30. The van der Waals surface area contributed by atoms with Gasteiger partial charge in [0.15, 0.2) is 0 Å². The molecule has 1 saturated carbocycles. The molecule has 4 rings (SSSR count). The lowest BCUT2D eigenvalue weighted by Crippen LogP contribution is -2.43. The van der Waals surface area contributed by atoms with E-state index in [-0.39, 0.29) is 29.6 Å². The molecule has 2 aromatic rings. The molecule has 1 heterocycles. The molecule has 2 fully saturated rings. The average molecular weight is 391 g/mol. The molecule has 2 N–H and O–H groups in total. The first-order valence-electron chi connectivity index (χ1n) is 10.2. The Morgan fingerprint density at radius 1 is 0.793 bits per heavy atom. The van der Waals surface area contributed by atoms with Gasteiger partial charge in [-0.3, -0.25) is 14.4 Å². The number of hydrogen-bond acceptors (Lipinski definition) is 3. The summed E-state index contributed by atoms with van der Waals surface area (Å²) in [5.74, 6) is -0.264. The molecule has 0 spiro atoms. The number of anilines is 2. The van der Waals surface area contributed by atoms with Crippen LogP contribution in [0, 0.1) is 11.8 Å². The summed E-state index contributed by atoms with van der Waals surface area (Å²) >= 11 is 0. The largest absolute Gasteiger partial charge is 0.338 e. The average Bonchev–Trinajstić information content (AvgIpc) is 3.60. The summed E-state index contributed by atoms with van der Waals surface area (Å²) in [5, 5.41) is 5.82. The highest BCUT2D eigenvalue weighted by molar-refractivity contribution is 5.99. The van der Waals surface area contributed by atoms with Crippen molar-refractivity contribution in [2.45, 2.75) is 25.7 Å². The minimum Gasteiger partial charge on any atom is -0.338 e. The number of likely N-dealkylation sites (tertiary alicyclic amines) is 1. The van der Waals surface area contributed by atoms with Crippen molar-refractivity contribution < 1.29 is 14.4 Å². The lowest BCUT2D eigenvalue weighted by Gasteiger charge is -2.32. The van der Waals surface area contributed by atoms with Gasteiger partial charge in [-0.05, 0) is 56.0 Å². The third kappa shape index (κ3) is 4.83. The van der Waals surface area contributed by atoms with Gasteiger partial charge in [0.2, 0.25) is 11.8 Å². The number of rotatable bonds is 5. The zero-order valence-corrected chi connectivity index (χ0v) is 16.3. The smallest absolute Gasteiger partial charge is 0.253 e. The van der Waals surface area contributed by atoms with Gasteiger partial charge in [-0.1, -0.05) is 24.3 Å². The van der Waals surface area contributed by atoms with Crippen molar-refractivity contribution in [3.8, 4) is 0 Å². The molecule has 29 heavy (non-hydrogen) atoms. The molecular formula is C23H25N3O3. The molecule has 150 valence electrons. The number of benzene rings is 2. The Labute approximate surface area is 170 Å². The number of para-hydroxylation sites is 1. The number of piperidine rings is 1. The van der Waals surface area contributed by atoms with Crippen LogP contribution in [0.15, 0.2) is 54.6 Å². The van der Waals surface area contributed by atoms with Crippen molar-refractivity contribution in [3.63, 3.8) is 0 Å². The molecule has 0 aromatic heterocycles. The second-order valence-electron chi connectivity index (χ2n) is 7.79. The standard InChI is InChI=1S/C23H25N3O3/c27-21(16-11-12-16)25-20-10-4-6-17(14-20)23(29)26-13-5-7-18(15-26)22(28)24-19-8-2-1-3-9-19/h1-4,6,8-10,14,16,18H,5,7,11-13,15H2,(H,24,28)(H,25,27). The predicted octanol–water partition coefficient (Wildman–Crippen LogP) is 3.53. The van der Waals surface area contributed by atoms with E-state index in [0.717, 1.165) is 31.4 Å². The Hall–Kier alpha value is -3.15. The Morgan fingerprint density at radius 3 is 2.24 bits per heavy atom. The lowest BCUT2D eigenvalue weighted by molar-refractivity contribution is -0.121. The van der Waals surface area contributed by atoms with E-state index in [9.17, 15) is 14.4 Å². The molecule has 2 aromatic carbocycles. The zero-order chi connectivity index (χ0) is 20.2. The van der Waals surface area contributed by atoms with E-state index in [4.69, 9.17) is 0 Å². The first-order chi connectivity index (χ1) is 14.1. The molecule has 1 aliphatic carbocycles. The number of carbonyl (C=O) groups is 3. The molecule has 0 bridgehead atoms. The van der Waals surface area contributed by atoms with Crippen LogP contribution in [0.25, 0.3) is 0 Å². The molecule has 1 aliphatic heterocycles. The van der Waals surface area contributed by atoms with Crippen LogP contribution < -0.4 is 10.6 Å². The van der Waals surface area contributed by atoms with Crippen molar-refractivity contribution in [3.05, 3.63) is 60.2 Å². The van der Waals surface area contributed by atoms with Gasteiger partial charge in [0, 0.05) is 35.9 Å². The SMILES string of the molecule is O=C(Nc1cccc(C(=O)N2CCCC(C(=O)Nc3ccccc3)C2)c1)C1CC1. The van der Waals surface area contributed by atoms with Gasteiger partial charge in [-0.15, -0.1) is 0 Å². The Kier molecular flexibility index (Phi) is 5.60. The molecule has 3 amide bonds. The summed E-state index contributed by atoms with van der Waals surface area (Å²) in [4.78, 5) is 39.3. The minimum atomic E-state index is -0.231. The first-order valence-corrected chi connectivity index (χ1v) is 10.2. The van der Waals surface area contributed by atoms with Gasteiger partial charge in [0.25, 0.3) is 5.91 Å². The van der Waals surface area contributed by atoms with Crippen molar-refractivity contribution in [2.24, 2.45) is 11.8 Å². The number of carbonyl (C=O) groups excluding carboxylic acids is 3. The number of hydrogen-bond donors (Lipinski definition) is 2. The second kappa shape index (κ2) is 8.47. The third-order valence-electron chi connectivity index (χ3n) is 5.45. The summed E-state index contributed by atoms with van der Waals surface area (Å²) in [6.07, 6.45) is 3.42. The molecule has 2 aliphatic rings. The van der Waals surface area contributed by atoms with E-state index < -0.39 is 0 Å². The van der Waals surface area contributed by atoms with E-state index in [1.54, 1.807) is 29.2 Å². The molecule has 0 radical (unpaired) electrons. The maximum Gasteiger partial charge on any atom is 0.253 e.